The van der Waals surface area contributed by atoms with Crippen LogP contribution < -0.4 is 0 Å². The van der Waals surface area contributed by atoms with E-state index in [9.17, 15) is 0 Å². The molecule has 1 nitrogen and oxygen atoms in total. The number of rotatable bonds is 2. The van der Waals surface area contributed by atoms with Gasteiger partial charge < -0.3 is 0 Å². The molecular formula is C5H5BrClNS. The number of halogens is 2. The van der Waals surface area contributed by atoms with Crippen molar-refractivity contribution in [3.8, 4) is 0 Å². The molecule has 1 heterocycles. The highest BCUT2D eigenvalue weighted by molar-refractivity contribution is 9.11. The molecule has 0 bridgehead atoms. The van der Waals surface area contributed by atoms with Gasteiger partial charge in [-0.1, -0.05) is 0 Å². The van der Waals surface area contributed by atoms with Gasteiger partial charge in [0.2, 0.25) is 0 Å². The Labute approximate surface area is 71.2 Å². The van der Waals surface area contributed by atoms with Gasteiger partial charge >= 0.3 is 0 Å². The lowest BCUT2D eigenvalue weighted by molar-refractivity contribution is 1.06. The van der Waals surface area contributed by atoms with Gasteiger partial charge in [-0.2, -0.15) is 0 Å². The first-order valence-electron chi connectivity index (χ1n) is 2.49. The molecule has 0 aromatic carbocycles. The number of alkyl halides is 1. The Morgan fingerprint density at radius 3 is 3.00 bits per heavy atom. The van der Waals surface area contributed by atoms with E-state index in [1.807, 2.05) is 5.38 Å². The second kappa shape index (κ2) is 3.54. The zero-order chi connectivity index (χ0) is 6.69. The lowest BCUT2D eigenvalue weighted by Crippen LogP contribution is -1.83. The van der Waals surface area contributed by atoms with Crippen LogP contribution in [0.5, 0.6) is 0 Å². The molecule has 0 spiro atoms. The minimum absolute atomic E-state index is 0.649. The summed E-state index contributed by atoms with van der Waals surface area (Å²) >= 11 is 10.4. The number of hydrogen-bond acceptors (Lipinski definition) is 2. The van der Waals surface area contributed by atoms with Gasteiger partial charge in [0.25, 0.3) is 0 Å². The monoisotopic (exact) mass is 225 g/mol. The van der Waals surface area contributed by atoms with Gasteiger partial charge in [-0.15, -0.1) is 22.9 Å². The highest BCUT2D eigenvalue weighted by Gasteiger charge is 1.95. The summed E-state index contributed by atoms with van der Waals surface area (Å²) in [6.07, 6.45) is 0.865. The SMILES string of the molecule is ClCCc1csc(Br)n1. The number of thiazole rings is 1. The van der Waals surface area contributed by atoms with Gasteiger partial charge in [0, 0.05) is 17.7 Å². The molecule has 0 unspecified atom stereocenters. The summed E-state index contributed by atoms with van der Waals surface area (Å²) in [5.41, 5.74) is 1.07. The smallest absolute Gasteiger partial charge is 0.159 e. The Morgan fingerprint density at radius 1 is 1.78 bits per heavy atom. The van der Waals surface area contributed by atoms with Crippen LogP contribution in [0.15, 0.2) is 9.30 Å². The Bertz CT molecular complexity index is 189. The predicted molar refractivity (Wildman–Crippen MR) is 44.2 cm³/mol. The van der Waals surface area contributed by atoms with Crippen LogP contribution >= 0.6 is 38.9 Å². The minimum Gasteiger partial charge on any atom is -0.234 e. The highest BCUT2D eigenvalue weighted by Crippen LogP contribution is 2.16. The molecule has 0 amide bonds. The summed E-state index contributed by atoms with van der Waals surface area (Å²) in [7, 11) is 0. The molecule has 4 heteroatoms. The van der Waals surface area contributed by atoms with E-state index in [1.54, 1.807) is 11.3 Å². The van der Waals surface area contributed by atoms with E-state index in [2.05, 4.69) is 20.9 Å². The van der Waals surface area contributed by atoms with E-state index < -0.39 is 0 Å². The van der Waals surface area contributed by atoms with Crippen molar-refractivity contribution in [2.24, 2.45) is 0 Å². The molecule has 0 atom stereocenters. The standard InChI is InChI=1S/C5H5BrClNS/c6-5-8-4(1-2-7)3-9-5/h3H,1-2H2. The van der Waals surface area contributed by atoms with E-state index in [1.165, 1.54) is 0 Å². The van der Waals surface area contributed by atoms with E-state index >= 15 is 0 Å². The molecule has 50 valence electrons. The summed E-state index contributed by atoms with van der Waals surface area (Å²) in [5.74, 6) is 0.649. The highest BCUT2D eigenvalue weighted by atomic mass is 79.9. The third-order valence-corrected chi connectivity index (χ3v) is 2.48. The predicted octanol–water partition coefficient (Wildman–Crippen LogP) is 2.69. The molecule has 1 rings (SSSR count). The summed E-state index contributed by atoms with van der Waals surface area (Å²) < 4.78 is 0.933. The van der Waals surface area contributed by atoms with Crippen molar-refractivity contribution in [2.75, 3.05) is 5.88 Å². The number of hydrogen-bond donors (Lipinski definition) is 0. The Kier molecular flexibility index (Phi) is 2.95. The molecule has 1 aromatic heterocycles. The fourth-order valence-corrected chi connectivity index (χ4v) is 1.77. The van der Waals surface area contributed by atoms with Crippen molar-refractivity contribution in [3.63, 3.8) is 0 Å². The normalized spacial score (nSPS) is 10.0. The van der Waals surface area contributed by atoms with Gasteiger partial charge in [-0.05, 0) is 15.9 Å². The van der Waals surface area contributed by atoms with Gasteiger partial charge in [0.15, 0.2) is 3.92 Å². The van der Waals surface area contributed by atoms with Crippen molar-refractivity contribution in [1.29, 1.82) is 0 Å². The zero-order valence-corrected chi connectivity index (χ0v) is 7.76. The first-order valence-corrected chi connectivity index (χ1v) is 4.69. The summed E-state index contributed by atoms with van der Waals surface area (Å²) in [5, 5.41) is 2.01. The second-order valence-electron chi connectivity index (χ2n) is 1.53. The van der Waals surface area contributed by atoms with Crippen LogP contribution in [0.25, 0.3) is 0 Å². The maximum Gasteiger partial charge on any atom is 0.159 e. The first-order chi connectivity index (χ1) is 4.33. The molecule has 0 aliphatic rings. The van der Waals surface area contributed by atoms with Crippen LogP contribution in [-0.2, 0) is 6.42 Å². The van der Waals surface area contributed by atoms with Crippen LogP contribution in [0.2, 0.25) is 0 Å². The van der Waals surface area contributed by atoms with Crippen molar-refractivity contribution < 1.29 is 0 Å². The van der Waals surface area contributed by atoms with Crippen molar-refractivity contribution in [2.45, 2.75) is 6.42 Å². The Balaban J connectivity index is 2.61. The quantitative estimate of drug-likeness (QED) is 0.707. The molecule has 0 aliphatic heterocycles. The van der Waals surface area contributed by atoms with Crippen LogP contribution in [0.4, 0.5) is 0 Å². The average molecular weight is 227 g/mol. The zero-order valence-electron chi connectivity index (χ0n) is 4.60. The van der Waals surface area contributed by atoms with Gasteiger partial charge in [0.1, 0.15) is 0 Å². The van der Waals surface area contributed by atoms with E-state index in [0.29, 0.717) is 5.88 Å². The van der Waals surface area contributed by atoms with Crippen molar-refractivity contribution in [3.05, 3.63) is 15.0 Å². The lowest BCUT2D eigenvalue weighted by atomic mass is 10.4. The average Bonchev–Trinajstić information content (AvgIpc) is 2.17. The molecule has 9 heavy (non-hydrogen) atoms. The van der Waals surface area contributed by atoms with Crippen LogP contribution in [0.3, 0.4) is 0 Å². The minimum atomic E-state index is 0.649. The summed E-state index contributed by atoms with van der Waals surface area (Å²) in [6.45, 7) is 0. The Hall–Kier alpha value is 0.400. The van der Waals surface area contributed by atoms with Gasteiger partial charge in [0.05, 0.1) is 5.69 Å². The second-order valence-corrected chi connectivity index (χ2v) is 4.04. The van der Waals surface area contributed by atoms with Gasteiger partial charge in [-0.3, -0.25) is 0 Å². The first kappa shape index (κ1) is 7.51. The number of nitrogens with zero attached hydrogens (tertiary/aromatic N) is 1. The van der Waals surface area contributed by atoms with Crippen LogP contribution in [-0.4, -0.2) is 10.9 Å². The molecular weight excluding hydrogens is 221 g/mol. The fraction of sp³-hybridized carbons (Fsp3) is 0.400. The van der Waals surface area contributed by atoms with E-state index in [0.717, 1.165) is 16.0 Å². The maximum atomic E-state index is 5.49. The molecule has 0 N–H and O–H groups in total. The van der Waals surface area contributed by atoms with E-state index in [4.69, 9.17) is 11.6 Å². The van der Waals surface area contributed by atoms with Crippen molar-refractivity contribution >= 4 is 38.9 Å². The lowest BCUT2D eigenvalue weighted by Gasteiger charge is -1.84. The Morgan fingerprint density at radius 2 is 2.56 bits per heavy atom. The maximum absolute atomic E-state index is 5.49. The largest absolute Gasteiger partial charge is 0.234 e. The summed E-state index contributed by atoms with van der Waals surface area (Å²) in [4.78, 5) is 4.15. The molecule has 0 aliphatic carbocycles. The van der Waals surface area contributed by atoms with Crippen molar-refractivity contribution in [1.82, 2.24) is 4.98 Å². The van der Waals surface area contributed by atoms with E-state index in [-0.39, 0.29) is 0 Å². The molecule has 0 saturated carbocycles. The van der Waals surface area contributed by atoms with Crippen LogP contribution in [0.1, 0.15) is 5.69 Å². The molecule has 1 aromatic rings. The third kappa shape index (κ3) is 2.24. The number of aryl methyl sites for hydroxylation is 1. The van der Waals surface area contributed by atoms with Gasteiger partial charge in [-0.25, -0.2) is 4.98 Å². The number of aromatic nitrogens is 1. The molecule has 0 saturated heterocycles. The topological polar surface area (TPSA) is 12.9 Å². The summed E-state index contributed by atoms with van der Waals surface area (Å²) in [6, 6.07) is 0. The fourth-order valence-electron chi connectivity index (χ4n) is 0.494. The third-order valence-electron chi connectivity index (χ3n) is 0.874. The molecule has 0 radical (unpaired) electrons. The molecule has 0 fully saturated rings. The van der Waals surface area contributed by atoms with Crippen LogP contribution in [0, 0.1) is 0 Å².